The van der Waals surface area contributed by atoms with Crippen molar-refractivity contribution >= 4 is 5.91 Å². The number of rotatable bonds is 6. The Hall–Kier alpha value is -2.61. The lowest BCUT2D eigenvalue weighted by Gasteiger charge is -2.32. The fourth-order valence-corrected chi connectivity index (χ4v) is 4.01. The summed E-state index contributed by atoms with van der Waals surface area (Å²) in [4.78, 5) is 17.2. The van der Waals surface area contributed by atoms with E-state index in [9.17, 15) is 4.79 Å². The van der Waals surface area contributed by atoms with E-state index < -0.39 is 0 Å². The Morgan fingerprint density at radius 3 is 2.59 bits per heavy atom. The molecule has 0 saturated carbocycles. The van der Waals surface area contributed by atoms with E-state index in [1.165, 1.54) is 0 Å². The van der Waals surface area contributed by atoms with Gasteiger partial charge in [0.2, 0.25) is 0 Å². The van der Waals surface area contributed by atoms with E-state index >= 15 is 0 Å². The molecule has 0 N–H and O–H groups in total. The van der Waals surface area contributed by atoms with E-state index in [2.05, 4.69) is 15.1 Å². The van der Waals surface area contributed by atoms with Gasteiger partial charge in [-0.15, -0.1) is 10.2 Å². The monoisotopic (exact) mass is 399 g/mol. The van der Waals surface area contributed by atoms with Gasteiger partial charge in [0.15, 0.2) is 0 Å². The highest BCUT2D eigenvalue weighted by Crippen LogP contribution is 2.30. The highest BCUT2D eigenvalue weighted by atomic mass is 16.5. The van der Waals surface area contributed by atoms with E-state index in [-0.39, 0.29) is 12.0 Å². The van der Waals surface area contributed by atoms with Gasteiger partial charge in [-0.25, -0.2) is 0 Å². The molecule has 1 aromatic heterocycles. The molecule has 4 rings (SSSR count). The van der Waals surface area contributed by atoms with Crippen LogP contribution in [0.15, 0.2) is 24.5 Å². The number of piperidine rings is 1. The average molecular weight is 399 g/mol. The maximum atomic E-state index is 13.0. The zero-order chi connectivity index (χ0) is 20.2. The number of amides is 1. The summed E-state index contributed by atoms with van der Waals surface area (Å²) in [7, 11) is 3.60. The fraction of sp³-hybridized carbons (Fsp3) is 0.571. The summed E-state index contributed by atoms with van der Waals surface area (Å²) in [6, 6.07) is 5.51. The molecule has 0 spiro atoms. The van der Waals surface area contributed by atoms with E-state index in [0.29, 0.717) is 17.1 Å². The molecule has 0 atom stereocenters. The molecule has 29 heavy (non-hydrogen) atoms. The molecule has 1 aromatic carbocycles. The number of hydrogen-bond acceptors (Lipinski definition) is 6. The summed E-state index contributed by atoms with van der Waals surface area (Å²) < 4.78 is 13.6. The van der Waals surface area contributed by atoms with Crippen molar-refractivity contribution in [3.63, 3.8) is 0 Å². The zero-order valence-corrected chi connectivity index (χ0v) is 17.2. The third-order valence-corrected chi connectivity index (χ3v) is 5.81. The van der Waals surface area contributed by atoms with Gasteiger partial charge in [-0.05, 0) is 37.8 Å². The van der Waals surface area contributed by atoms with Gasteiger partial charge in [0.05, 0.1) is 19.2 Å². The average Bonchev–Trinajstić information content (AvgIpc) is 3.41. The van der Waals surface area contributed by atoms with Crippen molar-refractivity contribution in [2.75, 3.05) is 33.3 Å². The second kappa shape index (κ2) is 8.82. The van der Waals surface area contributed by atoms with Gasteiger partial charge >= 0.3 is 0 Å². The number of carbonyl (C=O) groups is 1. The van der Waals surface area contributed by atoms with Gasteiger partial charge in [-0.2, -0.15) is 0 Å². The first-order valence-electron chi connectivity index (χ1n) is 10.3. The SMILES string of the molecule is COc1ccc(C(=O)N2CCCC2)c(OC2CCN(Cc3nncn3C)CC2)c1. The molecular weight excluding hydrogens is 370 g/mol. The minimum Gasteiger partial charge on any atom is -0.497 e. The Morgan fingerprint density at radius 1 is 1.17 bits per heavy atom. The zero-order valence-electron chi connectivity index (χ0n) is 17.2. The molecule has 2 aliphatic heterocycles. The molecule has 2 saturated heterocycles. The van der Waals surface area contributed by atoms with Crippen molar-refractivity contribution in [3.05, 3.63) is 35.9 Å². The van der Waals surface area contributed by atoms with Crippen LogP contribution in [0.5, 0.6) is 11.5 Å². The van der Waals surface area contributed by atoms with Gasteiger partial charge in [0.1, 0.15) is 29.8 Å². The Kier molecular flexibility index (Phi) is 5.99. The molecular formula is C21H29N5O3. The van der Waals surface area contributed by atoms with Crippen LogP contribution in [0.3, 0.4) is 0 Å². The molecule has 8 nitrogen and oxygen atoms in total. The Bertz CT molecular complexity index is 839. The molecule has 0 unspecified atom stereocenters. The lowest BCUT2D eigenvalue weighted by Crippen LogP contribution is -2.38. The van der Waals surface area contributed by atoms with E-state index in [0.717, 1.165) is 64.2 Å². The number of ether oxygens (including phenoxy) is 2. The third-order valence-electron chi connectivity index (χ3n) is 5.81. The number of likely N-dealkylation sites (tertiary alicyclic amines) is 2. The molecule has 2 aliphatic rings. The minimum atomic E-state index is 0.0554. The predicted octanol–water partition coefficient (Wildman–Crippen LogP) is 2.10. The van der Waals surface area contributed by atoms with Crippen LogP contribution < -0.4 is 9.47 Å². The number of hydrogen-bond donors (Lipinski definition) is 0. The van der Waals surface area contributed by atoms with E-state index in [1.807, 2.05) is 34.7 Å². The maximum Gasteiger partial charge on any atom is 0.257 e. The molecule has 0 radical (unpaired) electrons. The first-order chi connectivity index (χ1) is 14.1. The van der Waals surface area contributed by atoms with E-state index in [4.69, 9.17) is 9.47 Å². The second-order valence-electron chi connectivity index (χ2n) is 7.81. The number of aromatic nitrogens is 3. The molecule has 8 heteroatoms. The Morgan fingerprint density at radius 2 is 1.93 bits per heavy atom. The number of methoxy groups -OCH3 is 1. The van der Waals surface area contributed by atoms with Crippen molar-refractivity contribution in [2.24, 2.45) is 7.05 Å². The third kappa shape index (κ3) is 4.53. The van der Waals surface area contributed by atoms with Crippen molar-refractivity contribution in [3.8, 4) is 11.5 Å². The van der Waals surface area contributed by atoms with Crippen LogP contribution in [-0.2, 0) is 13.6 Å². The Labute approximate surface area is 171 Å². The molecule has 2 aromatic rings. The highest BCUT2D eigenvalue weighted by Gasteiger charge is 2.26. The smallest absolute Gasteiger partial charge is 0.257 e. The summed E-state index contributed by atoms with van der Waals surface area (Å²) in [6.07, 6.45) is 5.78. The van der Waals surface area contributed by atoms with Crippen LogP contribution >= 0.6 is 0 Å². The van der Waals surface area contributed by atoms with Crippen LogP contribution in [0.4, 0.5) is 0 Å². The van der Waals surface area contributed by atoms with Crippen molar-refractivity contribution in [2.45, 2.75) is 38.3 Å². The minimum absolute atomic E-state index is 0.0554. The summed E-state index contributed by atoms with van der Waals surface area (Å²) in [5, 5.41) is 8.12. The van der Waals surface area contributed by atoms with Crippen LogP contribution in [-0.4, -0.2) is 69.9 Å². The van der Waals surface area contributed by atoms with Crippen LogP contribution in [0.1, 0.15) is 41.9 Å². The number of carbonyl (C=O) groups excluding carboxylic acids is 1. The van der Waals surface area contributed by atoms with Crippen molar-refractivity contribution in [1.29, 1.82) is 0 Å². The predicted molar refractivity (Wildman–Crippen MR) is 108 cm³/mol. The van der Waals surface area contributed by atoms with E-state index in [1.54, 1.807) is 13.4 Å². The number of benzene rings is 1. The lowest BCUT2D eigenvalue weighted by molar-refractivity contribution is 0.0762. The summed E-state index contributed by atoms with van der Waals surface area (Å²) in [6.45, 7) is 4.30. The molecule has 3 heterocycles. The van der Waals surface area contributed by atoms with Gasteiger partial charge in [-0.1, -0.05) is 0 Å². The van der Waals surface area contributed by atoms with Gasteiger partial charge < -0.3 is 18.9 Å². The van der Waals surface area contributed by atoms with Crippen LogP contribution in [0.25, 0.3) is 0 Å². The summed E-state index contributed by atoms with van der Waals surface area (Å²) in [5.41, 5.74) is 0.634. The van der Waals surface area contributed by atoms with Crippen molar-refractivity contribution in [1.82, 2.24) is 24.6 Å². The molecule has 0 aliphatic carbocycles. The lowest BCUT2D eigenvalue weighted by atomic mass is 10.1. The molecule has 1 amide bonds. The Balaban J connectivity index is 1.41. The van der Waals surface area contributed by atoms with Crippen LogP contribution in [0, 0.1) is 0 Å². The van der Waals surface area contributed by atoms with Crippen molar-refractivity contribution < 1.29 is 14.3 Å². The summed E-state index contributed by atoms with van der Waals surface area (Å²) in [5.74, 6) is 2.36. The largest absolute Gasteiger partial charge is 0.497 e. The molecule has 0 bridgehead atoms. The topological polar surface area (TPSA) is 72.7 Å². The molecule has 156 valence electrons. The second-order valence-corrected chi connectivity index (χ2v) is 7.81. The highest BCUT2D eigenvalue weighted by molar-refractivity contribution is 5.97. The number of nitrogens with zero attached hydrogens (tertiary/aromatic N) is 5. The molecule has 2 fully saturated rings. The fourth-order valence-electron chi connectivity index (χ4n) is 4.01. The first-order valence-corrected chi connectivity index (χ1v) is 10.3. The van der Waals surface area contributed by atoms with Gasteiger partial charge in [0, 0.05) is 39.3 Å². The first kappa shape index (κ1) is 19.7. The number of aryl methyl sites for hydroxylation is 1. The maximum absolute atomic E-state index is 13.0. The normalized spacial score (nSPS) is 18.2. The quantitative estimate of drug-likeness (QED) is 0.741. The van der Waals surface area contributed by atoms with Crippen LogP contribution in [0.2, 0.25) is 0 Å². The van der Waals surface area contributed by atoms with Gasteiger partial charge in [-0.3, -0.25) is 9.69 Å². The van der Waals surface area contributed by atoms with Gasteiger partial charge in [0.25, 0.3) is 5.91 Å². The summed E-state index contributed by atoms with van der Waals surface area (Å²) >= 11 is 0. The standard InChI is InChI=1S/C21H29N5O3/c1-24-15-22-23-20(24)14-25-11-7-16(8-12-25)29-19-13-17(28-2)5-6-18(19)21(27)26-9-3-4-10-26/h5-6,13,15-16H,3-4,7-12,14H2,1-2H3.